The summed E-state index contributed by atoms with van der Waals surface area (Å²) in [6.45, 7) is 4.04. The van der Waals surface area contributed by atoms with Gasteiger partial charge in [0.1, 0.15) is 5.75 Å². The number of hydrogen-bond donors (Lipinski definition) is 1. The fourth-order valence-electron chi connectivity index (χ4n) is 2.50. The van der Waals surface area contributed by atoms with Gasteiger partial charge in [0.15, 0.2) is 0 Å². The van der Waals surface area contributed by atoms with Crippen molar-refractivity contribution in [1.82, 2.24) is 0 Å². The Kier molecular flexibility index (Phi) is 6.42. The molecule has 0 atom stereocenters. The van der Waals surface area contributed by atoms with Crippen LogP contribution in [0.2, 0.25) is 0 Å². The third-order valence-electron chi connectivity index (χ3n) is 4.26. The van der Waals surface area contributed by atoms with Crippen LogP contribution < -0.4 is 4.74 Å². The number of carboxylic acids is 1. The lowest BCUT2D eigenvalue weighted by atomic mass is 9.88. The smallest absolute Gasteiger partial charge is 0.309 e. The second-order valence-corrected chi connectivity index (χ2v) is 6.77. The van der Waals surface area contributed by atoms with E-state index in [0.717, 1.165) is 25.0 Å². The maximum Gasteiger partial charge on any atom is 0.309 e. The molecule has 2 rings (SSSR count). The molecule has 0 bridgehead atoms. The van der Waals surface area contributed by atoms with Crippen LogP contribution in [-0.4, -0.2) is 17.7 Å². The van der Waals surface area contributed by atoms with E-state index < -0.39 is 11.4 Å². The largest absolute Gasteiger partial charge is 0.494 e. The Bertz CT molecular complexity index is 630. The summed E-state index contributed by atoms with van der Waals surface area (Å²) >= 11 is 0. The molecule has 0 saturated carbocycles. The van der Waals surface area contributed by atoms with Gasteiger partial charge in [-0.3, -0.25) is 4.79 Å². The number of aryl methyl sites for hydroxylation is 2. The van der Waals surface area contributed by atoms with E-state index in [9.17, 15) is 4.79 Å². The number of ether oxygens (including phenoxy) is 1. The Balaban J connectivity index is 1.73. The summed E-state index contributed by atoms with van der Waals surface area (Å²) in [6, 6.07) is 18.6. The highest BCUT2D eigenvalue weighted by atomic mass is 16.5. The van der Waals surface area contributed by atoms with Crippen molar-refractivity contribution in [3.05, 3.63) is 65.7 Å². The lowest BCUT2D eigenvalue weighted by molar-refractivity contribution is -0.147. The fraction of sp³-hybridized carbons (Fsp3) is 0.381. The molecule has 1 N–H and O–H groups in total. The molecule has 3 heteroatoms. The van der Waals surface area contributed by atoms with Crippen molar-refractivity contribution >= 4 is 5.97 Å². The second-order valence-electron chi connectivity index (χ2n) is 6.77. The molecule has 0 amide bonds. The van der Waals surface area contributed by atoms with E-state index in [1.807, 2.05) is 18.2 Å². The summed E-state index contributed by atoms with van der Waals surface area (Å²) in [6.07, 6.45) is 3.38. The van der Waals surface area contributed by atoms with Crippen molar-refractivity contribution in [2.75, 3.05) is 6.61 Å². The summed E-state index contributed by atoms with van der Waals surface area (Å²) in [7, 11) is 0. The summed E-state index contributed by atoms with van der Waals surface area (Å²) in [5.41, 5.74) is 1.95. The van der Waals surface area contributed by atoms with Gasteiger partial charge in [-0.1, -0.05) is 42.5 Å². The van der Waals surface area contributed by atoms with E-state index in [2.05, 4.69) is 36.4 Å². The van der Waals surface area contributed by atoms with Crippen LogP contribution in [-0.2, 0) is 17.6 Å². The molecule has 3 nitrogen and oxygen atoms in total. The lowest BCUT2D eigenvalue weighted by Gasteiger charge is -2.18. The SMILES string of the molecule is CC(C)(CCCOc1ccc(CCc2ccccc2)cc1)C(=O)O. The number of carbonyl (C=O) groups is 1. The quantitative estimate of drug-likeness (QED) is 0.677. The number of aliphatic carboxylic acids is 1. The molecule has 0 aromatic heterocycles. The van der Waals surface area contributed by atoms with Gasteiger partial charge >= 0.3 is 5.97 Å². The van der Waals surface area contributed by atoms with Crippen LogP contribution >= 0.6 is 0 Å². The zero-order chi connectivity index (χ0) is 17.4. The Labute approximate surface area is 144 Å². The lowest BCUT2D eigenvalue weighted by Crippen LogP contribution is -2.24. The molecule has 0 radical (unpaired) electrons. The molecule has 0 aliphatic carbocycles. The molecule has 24 heavy (non-hydrogen) atoms. The van der Waals surface area contributed by atoms with Gasteiger partial charge in [-0.25, -0.2) is 0 Å². The van der Waals surface area contributed by atoms with Crippen LogP contribution in [0.1, 0.15) is 37.8 Å². The van der Waals surface area contributed by atoms with E-state index in [1.54, 1.807) is 13.8 Å². The van der Waals surface area contributed by atoms with E-state index in [0.29, 0.717) is 13.0 Å². The van der Waals surface area contributed by atoms with Crippen molar-refractivity contribution in [3.63, 3.8) is 0 Å². The predicted octanol–water partition coefficient (Wildman–Crippen LogP) is 4.74. The number of benzene rings is 2. The van der Waals surface area contributed by atoms with Crippen LogP contribution in [0.25, 0.3) is 0 Å². The predicted molar refractivity (Wildman–Crippen MR) is 96.4 cm³/mol. The maximum atomic E-state index is 11.0. The Hall–Kier alpha value is -2.29. The van der Waals surface area contributed by atoms with E-state index in [1.165, 1.54) is 11.1 Å². The van der Waals surface area contributed by atoms with E-state index in [4.69, 9.17) is 9.84 Å². The molecule has 2 aromatic carbocycles. The molecular weight excluding hydrogens is 300 g/mol. The van der Waals surface area contributed by atoms with Crippen molar-refractivity contribution in [2.45, 2.75) is 39.5 Å². The minimum atomic E-state index is -0.759. The van der Waals surface area contributed by atoms with E-state index in [-0.39, 0.29) is 0 Å². The van der Waals surface area contributed by atoms with Gasteiger partial charge in [0, 0.05) is 0 Å². The van der Waals surface area contributed by atoms with Crippen LogP contribution in [0.3, 0.4) is 0 Å². The first kappa shape index (κ1) is 18.1. The normalized spacial score (nSPS) is 11.2. The molecule has 0 aliphatic heterocycles. The van der Waals surface area contributed by atoms with Gasteiger partial charge < -0.3 is 9.84 Å². The minimum Gasteiger partial charge on any atom is -0.494 e. The van der Waals surface area contributed by atoms with Crippen molar-refractivity contribution in [2.24, 2.45) is 5.41 Å². The molecule has 0 aliphatic rings. The monoisotopic (exact) mass is 326 g/mol. The van der Waals surface area contributed by atoms with Crippen LogP contribution in [0, 0.1) is 5.41 Å². The highest BCUT2D eigenvalue weighted by Crippen LogP contribution is 2.22. The van der Waals surface area contributed by atoms with Gasteiger partial charge in [-0.15, -0.1) is 0 Å². The molecule has 0 heterocycles. The third-order valence-corrected chi connectivity index (χ3v) is 4.26. The van der Waals surface area contributed by atoms with Crippen LogP contribution in [0.4, 0.5) is 0 Å². The Morgan fingerprint density at radius 2 is 1.54 bits per heavy atom. The second kappa shape index (κ2) is 8.53. The highest BCUT2D eigenvalue weighted by Gasteiger charge is 2.26. The molecule has 128 valence electrons. The van der Waals surface area contributed by atoms with Gasteiger partial charge in [0.2, 0.25) is 0 Å². The number of carboxylic acid groups (broad SMARTS) is 1. The Morgan fingerprint density at radius 3 is 2.12 bits per heavy atom. The maximum absolute atomic E-state index is 11.0. The van der Waals surface area contributed by atoms with Crippen LogP contribution in [0.5, 0.6) is 5.75 Å². The summed E-state index contributed by atoms with van der Waals surface area (Å²) in [4.78, 5) is 11.0. The zero-order valence-corrected chi connectivity index (χ0v) is 14.5. The van der Waals surface area contributed by atoms with Gasteiger partial charge in [-0.05, 0) is 62.8 Å². The van der Waals surface area contributed by atoms with Gasteiger partial charge in [0.05, 0.1) is 12.0 Å². The number of hydrogen-bond acceptors (Lipinski definition) is 2. The topological polar surface area (TPSA) is 46.5 Å². The van der Waals surface area contributed by atoms with Gasteiger partial charge in [-0.2, -0.15) is 0 Å². The number of rotatable bonds is 9. The first-order chi connectivity index (χ1) is 11.5. The first-order valence-corrected chi connectivity index (χ1v) is 8.46. The Morgan fingerprint density at radius 1 is 0.958 bits per heavy atom. The zero-order valence-electron chi connectivity index (χ0n) is 14.5. The average Bonchev–Trinajstić information content (AvgIpc) is 2.59. The summed E-state index contributed by atoms with van der Waals surface area (Å²) in [5, 5.41) is 9.08. The molecule has 2 aromatic rings. The van der Waals surface area contributed by atoms with Crippen molar-refractivity contribution in [3.8, 4) is 5.75 Å². The van der Waals surface area contributed by atoms with Gasteiger partial charge in [0.25, 0.3) is 0 Å². The van der Waals surface area contributed by atoms with E-state index >= 15 is 0 Å². The van der Waals surface area contributed by atoms with Crippen LogP contribution in [0.15, 0.2) is 54.6 Å². The molecule has 0 spiro atoms. The minimum absolute atomic E-state index is 0.542. The summed E-state index contributed by atoms with van der Waals surface area (Å²) in [5.74, 6) is 0.0804. The molecular formula is C21H26O3. The third kappa shape index (κ3) is 5.73. The first-order valence-electron chi connectivity index (χ1n) is 8.46. The molecule has 0 unspecified atom stereocenters. The highest BCUT2D eigenvalue weighted by molar-refractivity contribution is 5.73. The molecule has 0 fully saturated rings. The fourth-order valence-corrected chi connectivity index (χ4v) is 2.50. The average molecular weight is 326 g/mol. The van der Waals surface area contributed by atoms with Crippen molar-refractivity contribution < 1.29 is 14.6 Å². The standard InChI is InChI=1S/C21H26O3/c1-21(2,20(22)23)15-6-16-24-19-13-11-18(12-14-19)10-9-17-7-4-3-5-8-17/h3-5,7-8,11-14H,6,9-10,15-16H2,1-2H3,(H,22,23). The van der Waals surface area contributed by atoms with Crippen molar-refractivity contribution in [1.29, 1.82) is 0 Å². The molecule has 0 saturated heterocycles. The summed E-state index contributed by atoms with van der Waals surface area (Å²) < 4.78 is 5.71.